The second-order valence-corrected chi connectivity index (χ2v) is 6.49. The van der Waals surface area contributed by atoms with Crippen LogP contribution in [0.1, 0.15) is 32.1 Å². The molecular formula is C17H23Cl2FN2O3. The summed E-state index contributed by atoms with van der Waals surface area (Å²) in [5, 5.41) is 11.4. The van der Waals surface area contributed by atoms with Gasteiger partial charge in [0.15, 0.2) is 0 Å². The number of carboxylic acid groups (broad SMARTS) is 1. The Morgan fingerprint density at radius 2 is 1.96 bits per heavy atom. The van der Waals surface area contributed by atoms with E-state index in [9.17, 15) is 14.0 Å². The molecule has 0 unspecified atom stereocenters. The van der Waals surface area contributed by atoms with Crippen LogP contribution in [-0.4, -0.2) is 41.5 Å². The molecule has 0 bridgehead atoms. The lowest BCUT2D eigenvalue weighted by atomic mass is 9.95. The number of nitrogens with one attached hydrogen (secondary N) is 1. The number of rotatable bonds is 7. The van der Waals surface area contributed by atoms with Crippen molar-refractivity contribution in [1.82, 2.24) is 4.90 Å². The summed E-state index contributed by atoms with van der Waals surface area (Å²) < 4.78 is 13.1. The maximum atomic E-state index is 13.1. The summed E-state index contributed by atoms with van der Waals surface area (Å²) >= 11 is 5.71. The lowest BCUT2D eigenvalue weighted by Crippen LogP contribution is -2.38. The Kier molecular flexibility index (Phi) is 9.17. The molecule has 0 spiro atoms. The number of hydrogen-bond acceptors (Lipinski definition) is 3. The van der Waals surface area contributed by atoms with Gasteiger partial charge in [0, 0.05) is 18.0 Å². The van der Waals surface area contributed by atoms with Gasteiger partial charge in [0.25, 0.3) is 0 Å². The molecule has 8 heteroatoms. The van der Waals surface area contributed by atoms with Gasteiger partial charge < -0.3 is 15.3 Å². The second-order valence-electron chi connectivity index (χ2n) is 6.08. The number of halogens is 3. The van der Waals surface area contributed by atoms with Crippen molar-refractivity contribution in [3.63, 3.8) is 0 Å². The normalized spacial score (nSPS) is 15.4. The molecule has 1 saturated heterocycles. The second kappa shape index (κ2) is 10.6. The fourth-order valence-corrected chi connectivity index (χ4v) is 3.03. The third kappa shape index (κ3) is 7.18. The smallest absolute Gasteiger partial charge is 0.303 e. The van der Waals surface area contributed by atoms with Gasteiger partial charge in [0.1, 0.15) is 5.82 Å². The van der Waals surface area contributed by atoms with Gasteiger partial charge in [-0.15, -0.1) is 12.4 Å². The number of hydrogen-bond donors (Lipinski definition) is 2. The third-order valence-electron chi connectivity index (χ3n) is 4.26. The first-order valence-electron chi connectivity index (χ1n) is 8.16. The number of aliphatic carboxylic acids is 1. The van der Waals surface area contributed by atoms with Crippen LogP contribution in [0.3, 0.4) is 0 Å². The quantitative estimate of drug-likeness (QED) is 0.692. The SMILES string of the molecule is Cl.O=C(O)CCCCN1CCC(C(=O)Nc2ccc(F)c(Cl)c2)CC1. The van der Waals surface area contributed by atoms with Gasteiger partial charge in [0.05, 0.1) is 5.02 Å². The number of nitrogens with zero attached hydrogens (tertiary/aromatic N) is 1. The topological polar surface area (TPSA) is 69.6 Å². The summed E-state index contributed by atoms with van der Waals surface area (Å²) in [6, 6.07) is 4.14. The molecule has 0 radical (unpaired) electrons. The Labute approximate surface area is 157 Å². The van der Waals surface area contributed by atoms with E-state index in [1.807, 2.05) is 0 Å². The van der Waals surface area contributed by atoms with Gasteiger partial charge in [-0.05, 0) is 63.5 Å². The van der Waals surface area contributed by atoms with Gasteiger partial charge in [-0.3, -0.25) is 9.59 Å². The molecule has 1 aliphatic rings. The molecule has 1 amide bonds. The first-order chi connectivity index (χ1) is 11.5. The first-order valence-corrected chi connectivity index (χ1v) is 8.53. The Balaban J connectivity index is 0.00000312. The molecule has 1 aromatic carbocycles. The molecule has 0 saturated carbocycles. The fourth-order valence-electron chi connectivity index (χ4n) is 2.85. The van der Waals surface area contributed by atoms with Gasteiger partial charge >= 0.3 is 5.97 Å². The van der Waals surface area contributed by atoms with Crippen molar-refractivity contribution in [2.24, 2.45) is 5.92 Å². The van der Waals surface area contributed by atoms with Gasteiger partial charge in [-0.2, -0.15) is 0 Å². The van der Waals surface area contributed by atoms with E-state index in [1.54, 1.807) is 0 Å². The number of carboxylic acids is 1. The van der Waals surface area contributed by atoms with Crippen LogP contribution in [0.25, 0.3) is 0 Å². The van der Waals surface area contributed by atoms with E-state index < -0.39 is 11.8 Å². The molecule has 0 aromatic heterocycles. The van der Waals surface area contributed by atoms with E-state index in [1.165, 1.54) is 18.2 Å². The molecule has 1 heterocycles. The highest BCUT2D eigenvalue weighted by Crippen LogP contribution is 2.23. The highest BCUT2D eigenvalue weighted by atomic mass is 35.5. The molecule has 1 aliphatic heterocycles. The Morgan fingerprint density at radius 3 is 2.56 bits per heavy atom. The molecule has 5 nitrogen and oxygen atoms in total. The minimum absolute atomic E-state index is 0. The summed E-state index contributed by atoms with van der Waals surface area (Å²) in [6.45, 7) is 2.53. The van der Waals surface area contributed by atoms with Crippen molar-refractivity contribution < 1.29 is 19.1 Å². The zero-order chi connectivity index (χ0) is 17.5. The number of piperidine rings is 1. The maximum Gasteiger partial charge on any atom is 0.303 e. The summed E-state index contributed by atoms with van der Waals surface area (Å²) in [6.07, 6.45) is 3.27. The van der Waals surface area contributed by atoms with Crippen LogP contribution in [0.15, 0.2) is 18.2 Å². The van der Waals surface area contributed by atoms with E-state index in [0.717, 1.165) is 38.9 Å². The molecule has 25 heavy (non-hydrogen) atoms. The molecule has 1 aromatic rings. The first kappa shape index (κ1) is 21.7. The standard InChI is InChI=1S/C17H22ClFN2O3.ClH/c18-14-11-13(4-5-15(14)19)20-17(24)12-6-9-21(10-7-12)8-2-1-3-16(22)23;/h4-5,11-12H,1-3,6-10H2,(H,20,24)(H,22,23);1H. The van der Waals surface area contributed by atoms with Gasteiger partial charge in [0.2, 0.25) is 5.91 Å². The predicted molar refractivity (Wildman–Crippen MR) is 97.9 cm³/mol. The van der Waals surface area contributed by atoms with Crippen molar-refractivity contribution in [2.75, 3.05) is 25.0 Å². The van der Waals surface area contributed by atoms with Crippen LogP contribution in [0.5, 0.6) is 0 Å². The van der Waals surface area contributed by atoms with Gasteiger partial charge in [-0.25, -0.2) is 4.39 Å². The third-order valence-corrected chi connectivity index (χ3v) is 4.55. The summed E-state index contributed by atoms with van der Waals surface area (Å²) in [7, 11) is 0. The average molecular weight is 393 g/mol. The Bertz CT molecular complexity index is 593. The summed E-state index contributed by atoms with van der Waals surface area (Å²) in [5.41, 5.74) is 0.502. The molecular weight excluding hydrogens is 370 g/mol. The number of carbonyl (C=O) groups excluding carboxylic acids is 1. The highest BCUT2D eigenvalue weighted by molar-refractivity contribution is 6.31. The molecule has 0 aliphatic carbocycles. The molecule has 2 N–H and O–H groups in total. The molecule has 0 atom stereocenters. The average Bonchev–Trinajstić information content (AvgIpc) is 2.55. The number of anilines is 1. The van der Waals surface area contributed by atoms with E-state index in [-0.39, 0.29) is 35.7 Å². The zero-order valence-electron chi connectivity index (χ0n) is 13.8. The Morgan fingerprint density at radius 1 is 1.28 bits per heavy atom. The van der Waals surface area contributed by atoms with E-state index in [0.29, 0.717) is 12.1 Å². The van der Waals surface area contributed by atoms with Crippen molar-refractivity contribution in [1.29, 1.82) is 0 Å². The monoisotopic (exact) mass is 392 g/mol. The maximum absolute atomic E-state index is 13.1. The lowest BCUT2D eigenvalue weighted by molar-refractivity contribution is -0.137. The molecule has 140 valence electrons. The van der Waals surface area contributed by atoms with E-state index in [2.05, 4.69) is 10.2 Å². The van der Waals surface area contributed by atoms with Crippen LogP contribution in [-0.2, 0) is 9.59 Å². The lowest BCUT2D eigenvalue weighted by Gasteiger charge is -2.31. The van der Waals surface area contributed by atoms with Crippen LogP contribution >= 0.6 is 24.0 Å². The number of likely N-dealkylation sites (tertiary alicyclic amines) is 1. The fraction of sp³-hybridized carbons (Fsp3) is 0.529. The molecule has 1 fully saturated rings. The minimum atomic E-state index is -0.758. The van der Waals surface area contributed by atoms with Crippen LogP contribution in [0.2, 0.25) is 5.02 Å². The van der Waals surface area contributed by atoms with Crippen LogP contribution < -0.4 is 5.32 Å². The zero-order valence-corrected chi connectivity index (χ0v) is 15.4. The van der Waals surface area contributed by atoms with Crippen molar-refractivity contribution in [3.05, 3.63) is 29.0 Å². The number of unbranched alkanes of at least 4 members (excludes halogenated alkanes) is 1. The van der Waals surface area contributed by atoms with E-state index >= 15 is 0 Å². The van der Waals surface area contributed by atoms with Crippen molar-refractivity contribution >= 4 is 41.6 Å². The van der Waals surface area contributed by atoms with Crippen molar-refractivity contribution in [3.8, 4) is 0 Å². The number of benzene rings is 1. The Hall–Kier alpha value is -1.37. The molecule has 2 rings (SSSR count). The minimum Gasteiger partial charge on any atom is -0.481 e. The summed E-state index contributed by atoms with van der Waals surface area (Å²) in [4.78, 5) is 25.0. The highest BCUT2D eigenvalue weighted by Gasteiger charge is 2.24. The summed E-state index contributed by atoms with van der Waals surface area (Å²) in [5.74, 6) is -1.40. The predicted octanol–water partition coefficient (Wildman–Crippen LogP) is 3.81. The number of carbonyl (C=O) groups is 2. The van der Waals surface area contributed by atoms with Gasteiger partial charge in [-0.1, -0.05) is 11.6 Å². The van der Waals surface area contributed by atoms with Crippen molar-refractivity contribution in [2.45, 2.75) is 32.1 Å². The van der Waals surface area contributed by atoms with Crippen LogP contribution in [0, 0.1) is 11.7 Å². The largest absolute Gasteiger partial charge is 0.481 e. The number of amides is 1. The van der Waals surface area contributed by atoms with Crippen LogP contribution in [0.4, 0.5) is 10.1 Å². The van der Waals surface area contributed by atoms with E-state index in [4.69, 9.17) is 16.7 Å².